The minimum Gasteiger partial charge on any atom is -0.478 e. The molecule has 1 heterocycles. The van der Waals surface area contributed by atoms with Crippen LogP contribution in [-0.4, -0.2) is 53.9 Å². The third kappa shape index (κ3) is 3.98. The molecule has 0 aliphatic carbocycles. The van der Waals surface area contributed by atoms with Crippen LogP contribution in [0.4, 0.5) is 0 Å². The van der Waals surface area contributed by atoms with Crippen LogP contribution < -0.4 is 5.32 Å². The van der Waals surface area contributed by atoms with Gasteiger partial charge in [-0.3, -0.25) is 4.90 Å². The van der Waals surface area contributed by atoms with E-state index in [-0.39, 0.29) is 25.1 Å². The van der Waals surface area contributed by atoms with Crippen molar-refractivity contribution >= 4 is 18.4 Å². The smallest absolute Gasteiger partial charge is 0.336 e. The number of nitrogens with zero attached hydrogens (tertiary/aromatic N) is 1. The van der Waals surface area contributed by atoms with E-state index in [4.69, 9.17) is 0 Å². The first-order chi connectivity index (χ1) is 9.97. The molecule has 1 aliphatic heterocycles. The first-order valence-corrected chi connectivity index (χ1v) is 7.35. The molecule has 124 valence electrons. The SMILES string of the molecule is CC(C)(CO)[C@@H](c1ccccc1C(=O)O)N1CCNCC1.Cl. The van der Waals surface area contributed by atoms with Crippen LogP contribution in [0.25, 0.3) is 0 Å². The lowest BCUT2D eigenvalue weighted by Crippen LogP contribution is -2.49. The molecular weight excluding hydrogens is 304 g/mol. The highest BCUT2D eigenvalue weighted by atomic mass is 35.5. The third-order valence-electron chi connectivity index (χ3n) is 4.15. The lowest BCUT2D eigenvalue weighted by molar-refractivity contribution is 0.0294. The number of hydrogen-bond acceptors (Lipinski definition) is 4. The standard InChI is InChI=1S/C16H24N2O3.ClH/c1-16(2,11-19)14(18-9-7-17-8-10-18)12-5-3-4-6-13(12)15(20)21;/h3-6,14,17,19H,7-11H2,1-2H3,(H,20,21);1H/t14-;/m1./s1. The molecule has 1 aliphatic rings. The van der Waals surface area contributed by atoms with Gasteiger partial charge < -0.3 is 15.5 Å². The normalized spacial score (nSPS) is 17.6. The molecule has 0 radical (unpaired) electrons. The minimum atomic E-state index is -0.917. The highest BCUT2D eigenvalue weighted by Gasteiger charge is 2.37. The molecule has 1 aromatic carbocycles. The number of halogens is 1. The number of nitrogens with one attached hydrogen (secondary N) is 1. The Morgan fingerprint density at radius 1 is 1.32 bits per heavy atom. The Kier molecular flexibility index (Phi) is 6.81. The monoisotopic (exact) mass is 328 g/mol. The van der Waals surface area contributed by atoms with E-state index in [2.05, 4.69) is 10.2 Å². The van der Waals surface area contributed by atoms with Crippen LogP contribution in [0.5, 0.6) is 0 Å². The number of carboxylic acids is 1. The van der Waals surface area contributed by atoms with E-state index in [9.17, 15) is 15.0 Å². The van der Waals surface area contributed by atoms with Crippen molar-refractivity contribution in [3.8, 4) is 0 Å². The second-order valence-electron chi connectivity index (χ2n) is 6.23. The molecule has 0 bridgehead atoms. The summed E-state index contributed by atoms with van der Waals surface area (Å²) in [6.07, 6.45) is 0. The van der Waals surface area contributed by atoms with Crippen LogP contribution in [0.1, 0.15) is 35.8 Å². The molecule has 6 heteroatoms. The van der Waals surface area contributed by atoms with E-state index in [1.165, 1.54) is 0 Å². The van der Waals surface area contributed by atoms with Gasteiger partial charge >= 0.3 is 5.97 Å². The molecule has 0 saturated carbocycles. The Bertz CT molecular complexity index is 502. The fraction of sp³-hybridized carbons (Fsp3) is 0.562. The quantitative estimate of drug-likeness (QED) is 0.768. The van der Waals surface area contributed by atoms with Crippen molar-refractivity contribution in [1.29, 1.82) is 0 Å². The summed E-state index contributed by atoms with van der Waals surface area (Å²) in [7, 11) is 0. The Morgan fingerprint density at radius 2 is 1.91 bits per heavy atom. The topological polar surface area (TPSA) is 72.8 Å². The molecule has 1 fully saturated rings. The number of rotatable bonds is 5. The summed E-state index contributed by atoms with van der Waals surface area (Å²) in [5, 5.41) is 22.6. The number of hydrogen-bond donors (Lipinski definition) is 3. The van der Waals surface area contributed by atoms with Gasteiger partial charge in [-0.2, -0.15) is 0 Å². The van der Waals surface area contributed by atoms with E-state index in [1.54, 1.807) is 12.1 Å². The van der Waals surface area contributed by atoms with Crippen LogP contribution in [0.3, 0.4) is 0 Å². The van der Waals surface area contributed by atoms with Crippen LogP contribution >= 0.6 is 12.4 Å². The average molecular weight is 329 g/mol. The van der Waals surface area contributed by atoms with Crippen LogP contribution in [0, 0.1) is 5.41 Å². The Hall–Kier alpha value is -1.14. The summed E-state index contributed by atoms with van der Waals surface area (Å²) in [5.41, 5.74) is 0.691. The zero-order valence-electron chi connectivity index (χ0n) is 13.1. The lowest BCUT2D eigenvalue weighted by atomic mass is 9.78. The first kappa shape index (κ1) is 18.9. The van der Waals surface area contributed by atoms with Gasteiger partial charge in [0, 0.05) is 44.2 Å². The molecule has 5 nitrogen and oxygen atoms in total. The van der Waals surface area contributed by atoms with Crippen LogP contribution in [0.2, 0.25) is 0 Å². The highest BCUT2D eigenvalue weighted by Crippen LogP contribution is 2.39. The second-order valence-corrected chi connectivity index (χ2v) is 6.23. The zero-order valence-corrected chi connectivity index (χ0v) is 13.9. The lowest BCUT2D eigenvalue weighted by Gasteiger charge is -2.44. The van der Waals surface area contributed by atoms with E-state index >= 15 is 0 Å². The molecule has 0 amide bonds. The van der Waals surface area contributed by atoms with Crippen molar-refractivity contribution in [2.45, 2.75) is 19.9 Å². The highest BCUT2D eigenvalue weighted by molar-refractivity contribution is 5.89. The molecular formula is C16H25ClN2O3. The molecule has 0 unspecified atom stereocenters. The molecule has 0 spiro atoms. The maximum absolute atomic E-state index is 11.5. The predicted molar refractivity (Wildman–Crippen MR) is 88.7 cm³/mol. The number of aromatic carboxylic acids is 1. The van der Waals surface area contributed by atoms with Gasteiger partial charge in [0.2, 0.25) is 0 Å². The van der Waals surface area contributed by atoms with Crippen molar-refractivity contribution in [2.24, 2.45) is 5.41 Å². The van der Waals surface area contributed by atoms with Crippen LogP contribution in [0.15, 0.2) is 24.3 Å². The van der Waals surface area contributed by atoms with Gasteiger partial charge in [-0.1, -0.05) is 32.0 Å². The summed E-state index contributed by atoms with van der Waals surface area (Å²) in [6, 6.07) is 7.00. The molecule has 1 atom stereocenters. The number of aliphatic hydroxyl groups is 1. The van der Waals surface area contributed by atoms with E-state index in [0.29, 0.717) is 5.56 Å². The van der Waals surface area contributed by atoms with Crippen molar-refractivity contribution < 1.29 is 15.0 Å². The number of benzene rings is 1. The van der Waals surface area contributed by atoms with Crippen molar-refractivity contribution in [1.82, 2.24) is 10.2 Å². The summed E-state index contributed by atoms with van der Waals surface area (Å²) in [4.78, 5) is 13.8. The summed E-state index contributed by atoms with van der Waals surface area (Å²) in [6.45, 7) is 7.44. The summed E-state index contributed by atoms with van der Waals surface area (Å²) < 4.78 is 0. The largest absolute Gasteiger partial charge is 0.478 e. The molecule has 0 aromatic heterocycles. The third-order valence-corrected chi connectivity index (χ3v) is 4.15. The number of aliphatic hydroxyl groups excluding tert-OH is 1. The zero-order chi connectivity index (χ0) is 15.5. The number of piperazine rings is 1. The van der Waals surface area contributed by atoms with E-state index in [0.717, 1.165) is 31.7 Å². The predicted octanol–water partition coefficient (Wildman–Crippen LogP) is 1.77. The van der Waals surface area contributed by atoms with Gasteiger partial charge in [-0.25, -0.2) is 4.79 Å². The van der Waals surface area contributed by atoms with Crippen molar-refractivity contribution in [3.05, 3.63) is 35.4 Å². The minimum absolute atomic E-state index is 0. The van der Waals surface area contributed by atoms with Crippen molar-refractivity contribution in [3.63, 3.8) is 0 Å². The second kappa shape index (κ2) is 7.92. The van der Waals surface area contributed by atoms with E-state index in [1.807, 2.05) is 26.0 Å². The van der Waals surface area contributed by atoms with Gasteiger partial charge in [-0.15, -0.1) is 12.4 Å². The van der Waals surface area contributed by atoms with E-state index < -0.39 is 11.4 Å². The number of carbonyl (C=O) groups is 1. The maximum Gasteiger partial charge on any atom is 0.336 e. The summed E-state index contributed by atoms with van der Waals surface area (Å²) >= 11 is 0. The summed E-state index contributed by atoms with van der Waals surface area (Å²) in [5.74, 6) is -0.917. The molecule has 3 N–H and O–H groups in total. The Labute approximate surface area is 137 Å². The number of carboxylic acid groups (broad SMARTS) is 1. The van der Waals surface area contributed by atoms with Gasteiger partial charge in [0.15, 0.2) is 0 Å². The Balaban J connectivity index is 0.00000242. The average Bonchev–Trinajstić information content (AvgIpc) is 2.48. The molecule has 1 saturated heterocycles. The maximum atomic E-state index is 11.5. The van der Waals surface area contributed by atoms with Crippen molar-refractivity contribution in [2.75, 3.05) is 32.8 Å². The van der Waals surface area contributed by atoms with Crippen LogP contribution in [-0.2, 0) is 0 Å². The molecule has 1 aromatic rings. The Morgan fingerprint density at radius 3 is 2.45 bits per heavy atom. The fourth-order valence-corrected chi connectivity index (χ4v) is 3.07. The molecule has 22 heavy (non-hydrogen) atoms. The first-order valence-electron chi connectivity index (χ1n) is 7.35. The fourth-order valence-electron chi connectivity index (χ4n) is 3.07. The molecule has 2 rings (SSSR count). The van der Waals surface area contributed by atoms with Gasteiger partial charge in [0.1, 0.15) is 0 Å². The van der Waals surface area contributed by atoms with Gasteiger partial charge in [0.05, 0.1) is 5.56 Å². The van der Waals surface area contributed by atoms with Gasteiger partial charge in [0.25, 0.3) is 0 Å². The van der Waals surface area contributed by atoms with Gasteiger partial charge in [-0.05, 0) is 11.6 Å².